The minimum Gasteiger partial charge on any atom is -0.490 e. The van der Waals surface area contributed by atoms with Crippen molar-refractivity contribution in [1.29, 1.82) is 0 Å². The monoisotopic (exact) mass is 458 g/mol. The number of benzene rings is 1. The lowest BCUT2D eigenvalue weighted by Crippen LogP contribution is -2.23. The van der Waals surface area contributed by atoms with Crippen LogP contribution in [0.25, 0.3) is 16.0 Å². The van der Waals surface area contributed by atoms with Crippen LogP contribution in [-0.2, 0) is 6.54 Å². The highest BCUT2D eigenvalue weighted by Gasteiger charge is 2.18. The SMILES string of the molecule is CCCCSc1nnc2n(Cc3ccc(OCC)c(OCC)c3)c(=O)c3sccc3n12. The quantitative estimate of drug-likeness (QED) is 0.250. The number of rotatable bonds is 10. The van der Waals surface area contributed by atoms with Gasteiger partial charge in [0.15, 0.2) is 16.7 Å². The van der Waals surface area contributed by atoms with Gasteiger partial charge in [0, 0.05) is 5.75 Å². The lowest BCUT2D eigenvalue weighted by molar-refractivity contribution is 0.287. The van der Waals surface area contributed by atoms with Crippen molar-refractivity contribution in [3.63, 3.8) is 0 Å². The minimum atomic E-state index is -0.0538. The summed E-state index contributed by atoms with van der Waals surface area (Å²) in [5.41, 5.74) is 1.75. The number of fused-ring (bicyclic) bond motifs is 3. The maximum atomic E-state index is 13.3. The van der Waals surface area contributed by atoms with Gasteiger partial charge in [-0.15, -0.1) is 21.5 Å². The molecule has 0 atom stereocenters. The van der Waals surface area contributed by atoms with Gasteiger partial charge >= 0.3 is 0 Å². The molecule has 0 aliphatic rings. The predicted molar refractivity (Wildman–Crippen MR) is 126 cm³/mol. The molecule has 0 unspecified atom stereocenters. The highest BCUT2D eigenvalue weighted by Crippen LogP contribution is 2.30. The van der Waals surface area contributed by atoms with E-state index in [1.165, 1.54) is 11.3 Å². The van der Waals surface area contributed by atoms with Crippen LogP contribution in [0.5, 0.6) is 11.5 Å². The second-order valence-corrected chi connectivity index (χ2v) is 8.97. The molecule has 4 aromatic rings. The fourth-order valence-corrected chi connectivity index (χ4v) is 5.27. The highest BCUT2D eigenvalue weighted by molar-refractivity contribution is 7.99. The Bertz CT molecular complexity index is 1240. The van der Waals surface area contributed by atoms with Crippen molar-refractivity contribution < 1.29 is 9.47 Å². The van der Waals surface area contributed by atoms with Crippen molar-refractivity contribution in [2.75, 3.05) is 19.0 Å². The van der Waals surface area contributed by atoms with Crippen LogP contribution in [0.3, 0.4) is 0 Å². The van der Waals surface area contributed by atoms with Crippen LogP contribution in [-0.4, -0.2) is 38.1 Å². The molecule has 0 amide bonds. The van der Waals surface area contributed by atoms with E-state index in [0.717, 1.165) is 34.8 Å². The van der Waals surface area contributed by atoms with E-state index in [9.17, 15) is 4.79 Å². The van der Waals surface area contributed by atoms with E-state index in [1.54, 1.807) is 16.3 Å². The summed E-state index contributed by atoms with van der Waals surface area (Å²) in [4.78, 5) is 13.3. The molecule has 9 heteroatoms. The van der Waals surface area contributed by atoms with E-state index in [4.69, 9.17) is 9.47 Å². The fraction of sp³-hybridized carbons (Fsp3) is 0.409. The Morgan fingerprint density at radius 1 is 1.06 bits per heavy atom. The van der Waals surface area contributed by atoms with Crippen LogP contribution in [0.1, 0.15) is 39.2 Å². The van der Waals surface area contributed by atoms with E-state index in [0.29, 0.717) is 41.7 Å². The summed E-state index contributed by atoms with van der Waals surface area (Å²) >= 11 is 3.13. The van der Waals surface area contributed by atoms with Crippen molar-refractivity contribution >= 4 is 39.1 Å². The Morgan fingerprint density at radius 2 is 1.87 bits per heavy atom. The van der Waals surface area contributed by atoms with Crippen LogP contribution in [0.2, 0.25) is 0 Å². The van der Waals surface area contributed by atoms with Gasteiger partial charge in [-0.1, -0.05) is 31.2 Å². The second-order valence-electron chi connectivity index (χ2n) is 6.99. The second kappa shape index (κ2) is 9.74. The zero-order valence-corrected chi connectivity index (χ0v) is 19.6. The molecule has 0 saturated carbocycles. The number of hydrogen-bond acceptors (Lipinski definition) is 7. The molecule has 0 saturated heterocycles. The van der Waals surface area contributed by atoms with Crippen LogP contribution in [0, 0.1) is 0 Å². The predicted octanol–water partition coefficient (Wildman–Crippen LogP) is 4.84. The molecule has 3 heterocycles. The Hall–Kier alpha value is -2.52. The molecule has 3 aromatic heterocycles. The van der Waals surface area contributed by atoms with Gasteiger partial charge in [-0.2, -0.15) is 0 Å². The van der Waals surface area contributed by atoms with E-state index in [2.05, 4.69) is 17.1 Å². The first-order valence-corrected chi connectivity index (χ1v) is 12.4. The third-order valence-electron chi connectivity index (χ3n) is 4.86. The van der Waals surface area contributed by atoms with Gasteiger partial charge in [-0.05, 0) is 49.4 Å². The molecule has 1 aromatic carbocycles. The number of nitrogens with zero attached hydrogens (tertiary/aromatic N) is 4. The molecule has 164 valence electrons. The average molecular weight is 459 g/mol. The summed E-state index contributed by atoms with van der Waals surface area (Å²) < 4.78 is 15.8. The van der Waals surface area contributed by atoms with Crippen molar-refractivity contribution in [2.24, 2.45) is 0 Å². The van der Waals surface area contributed by atoms with E-state index in [1.807, 2.05) is 47.9 Å². The molecule has 31 heavy (non-hydrogen) atoms. The van der Waals surface area contributed by atoms with E-state index < -0.39 is 0 Å². The normalized spacial score (nSPS) is 11.5. The summed E-state index contributed by atoms with van der Waals surface area (Å²) in [5, 5.41) is 11.6. The summed E-state index contributed by atoms with van der Waals surface area (Å²) in [7, 11) is 0. The molecule has 0 spiro atoms. The van der Waals surface area contributed by atoms with Crippen molar-refractivity contribution in [2.45, 2.75) is 45.3 Å². The number of hydrogen-bond donors (Lipinski definition) is 0. The van der Waals surface area contributed by atoms with Gasteiger partial charge in [0.1, 0.15) is 4.70 Å². The Kier molecular flexibility index (Phi) is 6.82. The minimum absolute atomic E-state index is 0.0538. The van der Waals surface area contributed by atoms with Crippen LogP contribution in [0.4, 0.5) is 0 Å². The fourth-order valence-electron chi connectivity index (χ4n) is 3.42. The Balaban J connectivity index is 1.79. The van der Waals surface area contributed by atoms with E-state index in [-0.39, 0.29) is 5.56 Å². The first-order chi connectivity index (χ1) is 15.2. The van der Waals surface area contributed by atoms with Crippen LogP contribution in [0.15, 0.2) is 39.6 Å². The first-order valence-electron chi connectivity index (χ1n) is 10.5. The van der Waals surface area contributed by atoms with E-state index >= 15 is 0 Å². The Labute approximate surface area is 189 Å². The number of aromatic nitrogens is 4. The number of thioether (sulfide) groups is 1. The molecular weight excluding hydrogens is 432 g/mol. The molecule has 7 nitrogen and oxygen atoms in total. The standard InChI is InChI=1S/C22H26N4O3S2/c1-4-7-11-31-22-24-23-21-25(20(27)19-16(26(21)22)10-12-30-19)14-15-8-9-17(28-5-2)18(13-15)29-6-3/h8-10,12-13H,4-7,11,14H2,1-3H3. The molecule has 0 aliphatic carbocycles. The maximum Gasteiger partial charge on any atom is 0.273 e. The largest absolute Gasteiger partial charge is 0.490 e. The van der Waals surface area contributed by atoms with Crippen molar-refractivity contribution in [3.05, 3.63) is 45.6 Å². The molecule has 0 N–H and O–H groups in total. The Morgan fingerprint density at radius 3 is 2.65 bits per heavy atom. The maximum absolute atomic E-state index is 13.3. The smallest absolute Gasteiger partial charge is 0.273 e. The van der Waals surface area contributed by atoms with Gasteiger partial charge in [0.05, 0.1) is 25.3 Å². The molecule has 4 rings (SSSR count). The lowest BCUT2D eigenvalue weighted by Gasteiger charge is -2.14. The highest BCUT2D eigenvalue weighted by atomic mass is 32.2. The van der Waals surface area contributed by atoms with Crippen LogP contribution < -0.4 is 15.0 Å². The van der Waals surface area contributed by atoms with Gasteiger partial charge < -0.3 is 9.47 Å². The number of thiophene rings is 1. The van der Waals surface area contributed by atoms with Gasteiger partial charge in [0.25, 0.3) is 5.56 Å². The molecular formula is C22H26N4O3S2. The molecule has 0 bridgehead atoms. The summed E-state index contributed by atoms with van der Waals surface area (Å²) in [6.07, 6.45) is 2.24. The van der Waals surface area contributed by atoms with Gasteiger partial charge in [0.2, 0.25) is 5.78 Å². The molecule has 0 aliphatic heterocycles. The van der Waals surface area contributed by atoms with Gasteiger partial charge in [-0.3, -0.25) is 13.8 Å². The first kappa shape index (κ1) is 21.7. The van der Waals surface area contributed by atoms with Crippen LogP contribution >= 0.6 is 23.1 Å². The van der Waals surface area contributed by atoms with Crippen molar-refractivity contribution in [1.82, 2.24) is 19.2 Å². The molecule has 0 radical (unpaired) electrons. The zero-order valence-electron chi connectivity index (χ0n) is 18.0. The summed E-state index contributed by atoms with van der Waals surface area (Å²) in [5.74, 6) is 2.91. The zero-order chi connectivity index (χ0) is 21.8. The number of ether oxygens (including phenoxy) is 2. The third-order valence-corrected chi connectivity index (χ3v) is 6.77. The number of unbranched alkanes of at least 4 members (excludes halogenated alkanes) is 1. The third kappa shape index (κ3) is 4.29. The molecule has 0 fully saturated rings. The summed E-state index contributed by atoms with van der Waals surface area (Å²) in [6.45, 7) is 7.53. The topological polar surface area (TPSA) is 70.7 Å². The van der Waals surface area contributed by atoms with Gasteiger partial charge in [-0.25, -0.2) is 0 Å². The van der Waals surface area contributed by atoms with Crippen molar-refractivity contribution in [3.8, 4) is 11.5 Å². The lowest BCUT2D eigenvalue weighted by atomic mass is 10.2. The summed E-state index contributed by atoms with van der Waals surface area (Å²) in [6, 6.07) is 7.76. The average Bonchev–Trinajstić information content (AvgIpc) is 3.41.